The number of aryl methyl sites for hydroxylation is 1. The maximum Gasteiger partial charge on any atom is 0.275 e. The first-order valence-electron chi connectivity index (χ1n) is 7.62. The highest BCUT2D eigenvalue weighted by Gasteiger charge is 2.10. The van der Waals surface area contributed by atoms with E-state index in [4.69, 9.17) is 16.2 Å². The van der Waals surface area contributed by atoms with Crippen molar-refractivity contribution in [3.63, 3.8) is 0 Å². The molecule has 1 amide bonds. The van der Waals surface area contributed by atoms with Gasteiger partial charge in [0.1, 0.15) is 0 Å². The predicted octanol–water partition coefficient (Wildman–Crippen LogP) is 2.58. The van der Waals surface area contributed by atoms with E-state index >= 15 is 0 Å². The first-order valence-corrected chi connectivity index (χ1v) is 7.62. The van der Waals surface area contributed by atoms with E-state index in [9.17, 15) is 9.90 Å². The topological polar surface area (TPSA) is 111 Å². The van der Waals surface area contributed by atoms with Gasteiger partial charge in [-0.1, -0.05) is 29.8 Å². The molecule has 2 aromatic rings. The number of carbonyl (C=O) groups is 1. The molecule has 0 unspecified atom stereocenters. The average Bonchev–Trinajstić information content (AvgIpc) is 2.55. The molecule has 6 heteroatoms. The number of phenolic OH excluding ortho intramolecular Hbond substituents is 1. The molecule has 0 aliphatic heterocycles. The van der Waals surface area contributed by atoms with Crippen LogP contribution in [0, 0.1) is 6.92 Å². The number of aliphatic imine (C=N–C) groups is 1. The summed E-state index contributed by atoms with van der Waals surface area (Å²) >= 11 is 0. The molecule has 0 heterocycles. The third kappa shape index (κ3) is 4.38. The molecule has 0 aromatic heterocycles. The van der Waals surface area contributed by atoms with E-state index in [1.54, 1.807) is 25.1 Å². The molecule has 2 aromatic carbocycles. The summed E-state index contributed by atoms with van der Waals surface area (Å²) in [7, 11) is 1.49. The number of benzene rings is 2. The number of aromatic hydroxyl groups is 1. The summed E-state index contributed by atoms with van der Waals surface area (Å²) in [5.74, 6) is -0.330. The molecule has 0 aliphatic carbocycles. The van der Waals surface area contributed by atoms with Crippen LogP contribution in [0.4, 0.5) is 0 Å². The van der Waals surface area contributed by atoms with Gasteiger partial charge in [-0.3, -0.25) is 4.79 Å². The number of nitrogens with two attached hydrogens (primary N) is 2. The summed E-state index contributed by atoms with van der Waals surface area (Å²) in [6.45, 7) is 3.61. The molecule has 0 atom stereocenters. The molecule has 0 bridgehead atoms. The van der Waals surface area contributed by atoms with Crippen LogP contribution in [-0.4, -0.2) is 24.1 Å². The van der Waals surface area contributed by atoms with Crippen LogP contribution in [0.25, 0.3) is 17.2 Å². The molecular weight excluding hydrogens is 318 g/mol. The van der Waals surface area contributed by atoms with Gasteiger partial charge in [-0.05, 0) is 48.7 Å². The van der Waals surface area contributed by atoms with Crippen molar-refractivity contribution in [1.82, 2.24) is 0 Å². The average molecular weight is 339 g/mol. The van der Waals surface area contributed by atoms with Gasteiger partial charge < -0.3 is 21.3 Å². The van der Waals surface area contributed by atoms with Crippen molar-refractivity contribution in [2.24, 2.45) is 16.5 Å². The van der Waals surface area contributed by atoms with Gasteiger partial charge in [0.05, 0.1) is 7.11 Å². The SMILES string of the molecule is COc1ccc(-c2cc(C)ccc2/C=C(\C)C(=O)N=C(N)N)cc1O. The Bertz CT molecular complexity index is 866. The van der Waals surface area contributed by atoms with Crippen LogP contribution >= 0.6 is 0 Å². The highest BCUT2D eigenvalue weighted by atomic mass is 16.5. The lowest BCUT2D eigenvalue weighted by atomic mass is 9.96. The summed E-state index contributed by atoms with van der Waals surface area (Å²) in [5, 5.41) is 10.0. The number of methoxy groups -OCH3 is 1. The Kier molecular flexibility index (Phi) is 5.44. The number of nitrogens with zero attached hydrogens (tertiary/aromatic N) is 1. The summed E-state index contributed by atoms with van der Waals surface area (Å²) in [4.78, 5) is 15.5. The standard InChI is InChI=1S/C19H21N3O3/c1-11-4-5-13(9-12(2)18(24)22-19(20)21)15(8-11)14-6-7-17(25-3)16(23)10-14/h4-10,23H,1-3H3,(H4,20,21,22,24)/b12-9+. The number of rotatable bonds is 4. The first kappa shape index (κ1) is 18.1. The van der Waals surface area contributed by atoms with Gasteiger partial charge in [0, 0.05) is 5.57 Å². The number of hydrogen-bond acceptors (Lipinski definition) is 3. The molecular formula is C19H21N3O3. The zero-order chi connectivity index (χ0) is 18.6. The van der Waals surface area contributed by atoms with E-state index in [-0.39, 0.29) is 11.7 Å². The zero-order valence-corrected chi connectivity index (χ0v) is 14.4. The van der Waals surface area contributed by atoms with Gasteiger partial charge in [0.25, 0.3) is 5.91 Å². The predicted molar refractivity (Wildman–Crippen MR) is 99.3 cm³/mol. The second-order valence-electron chi connectivity index (χ2n) is 5.65. The highest BCUT2D eigenvalue weighted by Crippen LogP contribution is 2.34. The summed E-state index contributed by atoms with van der Waals surface area (Å²) in [6.07, 6.45) is 1.71. The van der Waals surface area contributed by atoms with Crippen molar-refractivity contribution in [2.45, 2.75) is 13.8 Å². The number of guanidine groups is 1. The first-order chi connectivity index (χ1) is 11.8. The Balaban J connectivity index is 2.53. The third-order valence-corrected chi connectivity index (χ3v) is 3.64. The van der Waals surface area contributed by atoms with Crippen LogP contribution in [0.3, 0.4) is 0 Å². The number of carbonyl (C=O) groups excluding carboxylic acids is 1. The molecule has 0 aliphatic rings. The van der Waals surface area contributed by atoms with E-state index in [1.165, 1.54) is 7.11 Å². The maximum absolute atomic E-state index is 11.9. The van der Waals surface area contributed by atoms with Crippen molar-refractivity contribution < 1.29 is 14.6 Å². The minimum absolute atomic E-state index is 0.0461. The molecule has 0 saturated carbocycles. The van der Waals surface area contributed by atoms with E-state index in [2.05, 4.69) is 4.99 Å². The summed E-state index contributed by atoms with van der Waals surface area (Å²) in [5.41, 5.74) is 14.4. The molecule has 6 nitrogen and oxygen atoms in total. The molecule has 0 spiro atoms. The monoisotopic (exact) mass is 339 g/mol. The van der Waals surface area contributed by atoms with Crippen LogP contribution in [-0.2, 0) is 4.79 Å². The van der Waals surface area contributed by atoms with Crippen LogP contribution in [0.2, 0.25) is 0 Å². The van der Waals surface area contributed by atoms with Crippen molar-refractivity contribution in [3.8, 4) is 22.6 Å². The molecule has 25 heavy (non-hydrogen) atoms. The number of amides is 1. The van der Waals surface area contributed by atoms with E-state index in [0.717, 1.165) is 22.3 Å². The smallest absolute Gasteiger partial charge is 0.275 e. The largest absolute Gasteiger partial charge is 0.504 e. The number of phenols is 1. The second-order valence-corrected chi connectivity index (χ2v) is 5.65. The Morgan fingerprint density at radius 2 is 1.92 bits per heavy atom. The van der Waals surface area contributed by atoms with Crippen molar-refractivity contribution >= 4 is 17.9 Å². The fourth-order valence-electron chi connectivity index (χ4n) is 2.40. The molecule has 5 N–H and O–H groups in total. The molecule has 0 radical (unpaired) electrons. The van der Waals surface area contributed by atoms with Crippen LogP contribution in [0.1, 0.15) is 18.1 Å². The van der Waals surface area contributed by atoms with Gasteiger partial charge in [-0.2, -0.15) is 4.99 Å². The fraction of sp³-hybridized carbons (Fsp3) is 0.158. The summed E-state index contributed by atoms with van der Waals surface area (Å²) in [6, 6.07) is 11.0. The zero-order valence-electron chi connectivity index (χ0n) is 14.4. The third-order valence-electron chi connectivity index (χ3n) is 3.64. The van der Waals surface area contributed by atoms with E-state index < -0.39 is 5.91 Å². The lowest BCUT2D eigenvalue weighted by molar-refractivity contribution is -0.114. The Morgan fingerprint density at radius 3 is 2.52 bits per heavy atom. The maximum atomic E-state index is 11.9. The molecule has 0 fully saturated rings. The highest BCUT2D eigenvalue weighted by molar-refractivity contribution is 6.04. The van der Waals surface area contributed by atoms with Crippen molar-refractivity contribution in [1.29, 1.82) is 0 Å². The van der Waals surface area contributed by atoms with Crippen LogP contribution in [0.15, 0.2) is 47.0 Å². The lowest BCUT2D eigenvalue weighted by Gasteiger charge is -2.11. The van der Waals surface area contributed by atoms with Crippen molar-refractivity contribution in [2.75, 3.05) is 7.11 Å². The second kappa shape index (κ2) is 7.53. The minimum atomic E-state index is -0.496. The van der Waals surface area contributed by atoms with Crippen molar-refractivity contribution in [3.05, 3.63) is 53.1 Å². The Hall–Kier alpha value is -3.28. The minimum Gasteiger partial charge on any atom is -0.504 e. The quantitative estimate of drug-likeness (QED) is 0.450. The molecule has 130 valence electrons. The van der Waals surface area contributed by atoms with Gasteiger partial charge >= 0.3 is 0 Å². The molecule has 2 rings (SSSR count). The Labute approximate surface area is 146 Å². The van der Waals surface area contributed by atoms with Crippen LogP contribution < -0.4 is 16.2 Å². The van der Waals surface area contributed by atoms with Gasteiger partial charge in [0.2, 0.25) is 0 Å². The van der Waals surface area contributed by atoms with E-state index in [0.29, 0.717) is 11.3 Å². The number of hydrogen-bond donors (Lipinski definition) is 3. The van der Waals surface area contributed by atoms with E-state index in [1.807, 2.05) is 31.2 Å². The van der Waals surface area contributed by atoms with Gasteiger partial charge in [0.15, 0.2) is 17.5 Å². The fourth-order valence-corrected chi connectivity index (χ4v) is 2.40. The van der Waals surface area contributed by atoms with Crippen LogP contribution in [0.5, 0.6) is 11.5 Å². The molecule has 0 saturated heterocycles. The van der Waals surface area contributed by atoms with Gasteiger partial charge in [-0.25, -0.2) is 0 Å². The summed E-state index contributed by atoms with van der Waals surface area (Å²) < 4.78 is 5.08. The normalized spacial score (nSPS) is 11.1. The lowest BCUT2D eigenvalue weighted by Crippen LogP contribution is -2.24. The Morgan fingerprint density at radius 1 is 1.20 bits per heavy atom. The number of ether oxygens (including phenoxy) is 1. The van der Waals surface area contributed by atoms with Gasteiger partial charge in [-0.15, -0.1) is 0 Å².